The van der Waals surface area contributed by atoms with Gasteiger partial charge in [0, 0.05) is 38.1 Å². The largest absolute Gasteiger partial charge is 0.368 e. The molecule has 4 aromatic carbocycles. The molecule has 1 saturated heterocycles. The molecule has 5 rings (SSSR count). The molecular formula is C31H36ClN3O. The standard InChI is InChI=1S/C31H35N3O.ClH/c1-4-5-13-33-31(35)29-20-27(25-12-8-9-21(2)22(25)3)26-18-23-10-6-7-11-24(23)19-28(26)30(29)34-16-14-32-15-17-34;/h6-12,18-20,32H,4-5,13-17H2,1-3H3,(H,33,35);1H. The number of carbonyl (C=O) groups excluding carboxylic acids is 1. The van der Waals surface area contributed by atoms with Crippen LogP contribution in [0.5, 0.6) is 0 Å². The first-order chi connectivity index (χ1) is 17.1. The lowest BCUT2D eigenvalue weighted by Gasteiger charge is -2.33. The molecule has 4 nitrogen and oxygen atoms in total. The predicted molar refractivity (Wildman–Crippen MR) is 156 cm³/mol. The van der Waals surface area contributed by atoms with Gasteiger partial charge in [-0.05, 0) is 76.9 Å². The summed E-state index contributed by atoms with van der Waals surface area (Å²) in [7, 11) is 0. The maximum atomic E-state index is 13.7. The van der Waals surface area contributed by atoms with Crippen molar-refractivity contribution in [2.75, 3.05) is 37.6 Å². The Labute approximate surface area is 220 Å². The molecule has 4 aromatic rings. The van der Waals surface area contributed by atoms with E-state index in [-0.39, 0.29) is 18.3 Å². The number of hydrogen-bond donors (Lipinski definition) is 2. The highest BCUT2D eigenvalue weighted by Crippen LogP contribution is 2.41. The highest BCUT2D eigenvalue weighted by atomic mass is 35.5. The average Bonchev–Trinajstić information content (AvgIpc) is 2.89. The van der Waals surface area contributed by atoms with Crippen LogP contribution in [-0.2, 0) is 0 Å². The molecule has 188 valence electrons. The summed E-state index contributed by atoms with van der Waals surface area (Å²) in [5.41, 5.74) is 6.69. The fourth-order valence-electron chi connectivity index (χ4n) is 5.24. The van der Waals surface area contributed by atoms with Gasteiger partial charge in [0.05, 0.1) is 11.3 Å². The SMILES string of the molecule is CCCCNC(=O)c1cc(-c2cccc(C)c2C)c2cc3ccccc3cc2c1N1CCNCC1.Cl. The number of carbonyl (C=O) groups is 1. The topological polar surface area (TPSA) is 44.4 Å². The highest BCUT2D eigenvalue weighted by Gasteiger charge is 2.24. The van der Waals surface area contributed by atoms with E-state index < -0.39 is 0 Å². The Morgan fingerprint density at radius 3 is 2.31 bits per heavy atom. The Morgan fingerprint density at radius 2 is 1.61 bits per heavy atom. The second kappa shape index (κ2) is 11.3. The molecule has 36 heavy (non-hydrogen) atoms. The summed E-state index contributed by atoms with van der Waals surface area (Å²) in [6.07, 6.45) is 2.04. The summed E-state index contributed by atoms with van der Waals surface area (Å²) in [5, 5.41) is 11.4. The molecule has 0 radical (unpaired) electrons. The van der Waals surface area contributed by atoms with Gasteiger partial charge in [-0.25, -0.2) is 0 Å². The van der Waals surface area contributed by atoms with E-state index in [1.54, 1.807) is 0 Å². The Kier molecular flexibility index (Phi) is 8.17. The second-order valence-corrected chi connectivity index (χ2v) is 9.66. The number of halogens is 1. The lowest BCUT2D eigenvalue weighted by Crippen LogP contribution is -2.44. The Hall–Kier alpha value is -3.08. The first-order valence-electron chi connectivity index (χ1n) is 12.9. The van der Waals surface area contributed by atoms with Crippen LogP contribution in [0.4, 0.5) is 5.69 Å². The van der Waals surface area contributed by atoms with Crippen LogP contribution in [0.25, 0.3) is 32.7 Å². The first-order valence-corrected chi connectivity index (χ1v) is 12.9. The van der Waals surface area contributed by atoms with Crippen molar-refractivity contribution in [1.29, 1.82) is 0 Å². The third-order valence-corrected chi connectivity index (χ3v) is 7.36. The summed E-state index contributed by atoms with van der Waals surface area (Å²) in [6, 6.07) is 21.8. The molecule has 0 aliphatic carbocycles. The molecule has 1 aliphatic rings. The molecular weight excluding hydrogens is 466 g/mol. The zero-order valence-electron chi connectivity index (χ0n) is 21.5. The summed E-state index contributed by atoms with van der Waals surface area (Å²) in [6.45, 7) is 10.8. The van der Waals surface area contributed by atoms with E-state index in [9.17, 15) is 4.79 Å². The smallest absolute Gasteiger partial charge is 0.253 e. The fraction of sp³-hybridized carbons (Fsp3) is 0.323. The van der Waals surface area contributed by atoms with Gasteiger partial charge in [0.1, 0.15) is 0 Å². The second-order valence-electron chi connectivity index (χ2n) is 9.66. The van der Waals surface area contributed by atoms with E-state index in [4.69, 9.17) is 0 Å². The van der Waals surface area contributed by atoms with E-state index in [2.05, 4.69) is 97.0 Å². The van der Waals surface area contributed by atoms with Gasteiger partial charge < -0.3 is 15.5 Å². The number of piperazine rings is 1. The quantitative estimate of drug-likeness (QED) is 0.230. The lowest BCUT2D eigenvalue weighted by atomic mass is 9.88. The van der Waals surface area contributed by atoms with Gasteiger partial charge in [0.15, 0.2) is 0 Å². The summed E-state index contributed by atoms with van der Waals surface area (Å²) in [4.78, 5) is 16.1. The molecule has 0 bridgehead atoms. The first kappa shape index (κ1) is 26.0. The van der Waals surface area contributed by atoms with Gasteiger partial charge in [0.2, 0.25) is 0 Å². The van der Waals surface area contributed by atoms with Crippen molar-refractivity contribution in [3.05, 3.63) is 77.4 Å². The Balaban J connectivity index is 0.00000304. The summed E-state index contributed by atoms with van der Waals surface area (Å²) < 4.78 is 0. The summed E-state index contributed by atoms with van der Waals surface area (Å²) in [5.74, 6) is 0.0218. The van der Waals surface area contributed by atoms with Crippen molar-refractivity contribution in [2.45, 2.75) is 33.6 Å². The van der Waals surface area contributed by atoms with Gasteiger partial charge >= 0.3 is 0 Å². The van der Waals surface area contributed by atoms with Crippen molar-refractivity contribution >= 4 is 45.5 Å². The van der Waals surface area contributed by atoms with Gasteiger partial charge in [-0.1, -0.05) is 55.8 Å². The van der Waals surface area contributed by atoms with E-state index in [0.29, 0.717) is 6.54 Å². The van der Waals surface area contributed by atoms with E-state index in [1.165, 1.54) is 32.8 Å². The normalized spacial score (nSPS) is 13.6. The van der Waals surface area contributed by atoms with Crippen molar-refractivity contribution in [3.63, 3.8) is 0 Å². The van der Waals surface area contributed by atoms with Crippen LogP contribution < -0.4 is 15.5 Å². The third-order valence-electron chi connectivity index (χ3n) is 7.36. The minimum Gasteiger partial charge on any atom is -0.368 e. The van der Waals surface area contributed by atoms with Gasteiger partial charge in [0.25, 0.3) is 5.91 Å². The van der Waals surface area contributed by atoms with Crippen LogP contribution in [0.15, 0.2) is 60.7 Å². The number of nitrogens with one attached hydrogen (secondary N) is 2. The number of aryl methyl sites for hydroxylation is 1. The van der Waals surface area contributed by atoms with Crippen molar-refractivity contribution in [1.82, 2.24) is 10.6 Å². The average molecular weight is 502 g/mol. The number of amides is 1. The lowest BCUT2D eigenvalue weighted by molar-refractivity contribution is 0.0953. The minimum atomic E-state index is 0. The van der Waals surface area contributed by atoms with Gasteiger partial charge in [-0.15, -0.1) is 12.4 Å². The fourth-order valence-corrected chi connectivity index (χ4v) is 5.24. The van der Waals surface area contributed by atoms with Crippen LogP contribution in [0, 0.1) is 13.8 Å². The molecule has 0 atom stereocenters. The predicted octanol–water partition coefficient (Wildman–Crippen LogP) is 6.64. The number of rotatable bonds is 6. The monoisotopic (exact) mass is 501 g/mol. The number of fused-ring (bicyclic) bond motifs is 2. The minimum absolute atomic E-state index is 0. The van der Waals surface area contributed by atoms with E-state index in [0.717, 1.165) is 61.2 Å². The Morgan fingerprint density at radius 1 is 0.917 bits per heavy atom. The van der Waals surface area contributed by atoms with Gasteiger partial charge in [-0.2, -0.15) is 0 Å². The van der Waals surface area contributed by atoms with Crippen LogP contribution in [0.3, 0.4) is 0 Å². The van der Waals surface area contributed by atoms with E-state index in [1.807, 2.05) is 0 Å². The number of benzene rings is 4. The van der Waals surface area contributed by atoms with Crippen molar-refractivity contribution in [2.24, 2.45) is 0 Å². The molecule has 0 aromatic heterocycles. The number of anilines is 1. The number of nitrogens with zero attached hydrogens (tertiary/aromatic N) is 1. The Bertz CT molecular complexity index is 1390. The molecule has 1 amide bonds. The molecule has 0 spiro atoms. The molecule has 1 aliphatic heterocycles. The van der Waals surface area contributed by atoms with Crippen LogP contribution in [0.2, 0.25) is 0 Å². The van der Waals surface area contributed by atoms with E-state index >= 15 is 0 Å². The molecule has 1 heterocycles. The third kappa shape index (κ3) is 4.93. The maximum Gasteiger partial charge on any atom is 0.253 e. The molecule has 0 unspecified atom stereocenters. The summed E-state index contributed by atoms with van der Waals surface area (Å²) >= 11 is 0. The van der Waals surface area contributed by atoms with Crippen LogP contribution >= 0.6 is 12.4 Å². The van der Waals surface area contributed by atoms with Crippen LogP contribution in [-0.4, -0.2) is 38.6 Å². The number of hydrogen-bond acceptors (Lipinski definition) is 3. The molecule has 0 saturated carbocycles. The zero-order chi connectivity index (χ0) is 24.4. The van der Waals surface area contributed by atoms with Crippen molar-refractivity contribution in [3.8, 4) is 11.1 Å². The maximum absolute atomic E-state index is 13.7. The molecule has 5 heteroatoms. The van der Waals surface area contributed by atoms with Gasteiger partial charge in [-0.3, -0.25) is 4.79 Å². The number of unbranched alkanes of at least 4 members (excludes halogenated alkanes) is 1. The molecule has 2 N–H and O–H groups in total. The zero-order valence-corrected chi connectivity index (χ0v) is 22.3. The van der Waals surface area contributed by atoms with Crippen molar-refractivity contribution < 1.29 is 4.79 Å². The highest BCUT2D eigenvalue weighted by molar-refractivity contribution is 6.16. The molecule has 1 fully saturated rings. The van der Waals surface area contributed by atoms with Crippen LogP contribution in [0.1, 0.15) is 41.3 Å².